The summed E-state index contributed by atoms with van der Waals surface area (Å²) in [6, 6.07) is 4.96. The lowest BCUT2D eigenvalue weighted by atomic mass is 9.79. The summed E-state index contributed by atoms with van der Waals surface area (Å²) in [5.41, 5.74) is 0.752. The van der Waals surface area contributed by atoms with Crippen LogP contribution in [0.3, 0.4) is 0 Å². The fraction of sp³-hybridized carbons (Fsp3) is 0.500. The summed E-state index contributed by atoms with van der Waals surface area (Å²) in [5, 5.41) is 12.6. The number of nitrogens with zero attached hydrogens (tertiary/aromatic N) is 2. The number of thioether (sulfide) groups is 1. The molecule has 0 bridgehead atoms. The number of hydrogen-bond donors (Lipinski definition) is 2. The molecule has 12 nitrogen and oxygen atoms in total. The number of amides is 3. The molecule has 2 fully saturated rings. The van der Waals surface area contributed by atoms with E-state index in [0.29, 0.717) is 10.6 Å². The van der Waals surface area contributed by atoms with E-state index in [-0.39, 0.29) is 47.3 Å². The van der Waals surface area contributed by atoms with Crippen LogP contribution in [0.5, 0.6) is 0 Å². The monoisotopic (exact) mass is 561 g/mol. The van der Waals surface area contributed by atoms with Crippen LogP contribution in [-0.4, -0.2) is 96.1 Å². The molecule has 6 atom stereocenters. The number of esters is 2. The molecule has 0 aliphatic carbocycles. The maximum atomic E-state index is 13.3. The molecule has 0 radical (unpaired) electrons. The molecule has 39 heavy (non-hydrogen) atoms. The second-order valence-corrected chi connectivity index (χ2v) is 11.0. The van der Waals surface area contributed by atoms with Crippen molar-refractivity contribution >= 4 is 47.3 Å². The Balaban J connectivity index is 1.56. The first kappa shape index (κ1) is 28.4. The van der Waals surface area contributed by atoms with Crippen LogP contribution >= 0.6 is 11.8 Å². The number of likely N-dealkylation sites (tertiary alicyclic amines) is 1. The van der Waals surface area contributed by atoms with Crippen LogP contribution in [0.15, 0.2) is 34.9 Å². The Bertz CT molecular complexity index is 1230. The number of benzene rings is 1. The highest BCUT2D eigenvalue weighted by molar-refractivity contribution is 8.03. The summed E-state index contributed by atoms with van der Waals surface area (Å²) in [5.74, 6) is -2.92. The molecule has 3 aliphatic heterocycles. The lowest BCUT2D eigenvalue weighted by Crippen LogP contribution is -2.63. The molecule has 2 saturated heterocycles. The number of anilines is 1. The summed E-state index contributed by atoms with van der Waals surface area (Å²) < 4.78 is 14.6. The molecule has 2 N–H and O–H groups in total. The van der Waals surface area contributed by atoms with E-state index in [1.54, 1.807) is 25.1 Å². The molecule has 0 unspecified atom stereocenters. The number of carbonyl (C=O) groups is 5. The number of methoxy groups -OCH3 is 3. The van der Waals surface area contributed by atoms with Crippen molar-refractivity contribution in [1.29, 1.82) is 0 Å². The number of carbonyl (C=O) groups excluding carboxylic acids is 5. The number of ether oxygens (including phenoxy) is 3. The third-order valence-corrected chi connectivity index (χ3v) is 8.80. The Morgan fingerprint density at radius 3 is 2.41 bits per heavy atom. The van der Waals surface area contributed by atoms with Crippen LogP contribution in [0.25, 0.3) is 0 Å². The summed E-state index contributed by atoms with van der Waals surface area (Å²) in [6.07, 6.45) is -1.32. The highest BCUT2D eigenvalue weighted by atomic mass is 32.2. The maximum absolute atomic E-state index is 13.3. The summed E-state index contributed by atoms with van der Waals surface area (Å²) in [7, 11) is 3.71. The van der Waals surface area contributed by atoms with Gasteiger partial charge in [-0.15, -0.1) is 11.8 Å². The minimum atomic E-state index is -0.889. The van der Waals surface area contributed by atoms with E-state index in [2.05, 4.69) is 5.32 Å². The lowest BCUT2D eigenvalue weighted by Gasteiger charge is -2.46. The van der Waals surface area contributed by atoms with Gasteiger partial charge in [0, 0.05) is 28.3 Å². The summed E-state index contributed by atoms with van der Waals surface area (Å²) >= 11 is 1.32. The number of rotatable bonds is 7. The van der Waals surface area contributed by atoms with Crippen molar-refractivity contribution in [3.63, 3.8) is 0 Å². The average Bonchev–Trinajstić information content (AvgIpc) is 3.45. The second kappa shape index (κ2) is 11.3. The fourth-order valence-electron chi connectivity index (χ4n) is 5.46. The van der Waals surface area contributed by atoms with Gasteiger partial charge in [-0.1, -0.05) is 13.0 Å². The number of hydrogen-bond acceptors (Lipinski definition) is 10. The zero-order valence-electron chi connectivity index (χ0n) is 22.2. The molecule has 3 heterocycles. The minimum Gasteiger partial charge on any atom is -0.465 e. The van der Waals surface area contributed by atoms with Gasteiger partial charge in [0.25, 0.3) is 0 Å². The van der Waals surface area contributed by atoms with Gasteiger partial charge < -0.3 is 29.5 Å². The molecule has 0 spiro atoms. The van der Waals surface area contributed by atoms with Crippen LogP contribution in [0, 0.1) is 11.8 Å². The molecule has 1 aromatic carbocycles. The SMILES string of the molecule is COC(=O)C1=C(S[C@H]2C[C@@H](C(=O)Nc3cccc(C(=O)OC)c3)N(C(=O)OC)C2)[C@H](C)[C@@H]2[C@@H]([C@@H](C)O)C(=O)N12. The highest BCUT2D eigenvalue weighted by Crippen LogP contribution is 2.52. The summed E-state index contributed by atoms with van der Waals surface area (Å²) in [6.45, 7) is 3.58. The standard InChI is InChI=1S/C26H31N3O9S/c1-12-19-18(13(2)30)23(32)29(19)20(25(34)37-4)21(12)39-16-10-17(28(11-16)26(35)38-5)22(31)27-15-8-6-7-14(9-15)24(33)36-3/h6-9,12-13,16-19,30H,10-11H2,1-5H3,(H,27,31)/t12-,13-,16+,17+,18-,19-/m1/s1. The molecular weight excluding hydrogens is 530 g/mol. The second-order valence-electron chi connectivity index (χ2n) is 9.63. The molecular formula is C26H31N3O9S. The smallest absolute Gasteiger partial charge is 0.410 e. The van der Waals surface area contributed by atoms with Gasteiger partial charge in [0.05, 0.1) is 45.0 Å². The molecule has 13 heteroatoms. The number of nitrogens with one attached hydrogen (secondary N) is 1. The highest BCUT2D eigenvalue weighted by Gasteiger charge is 2.60. The lowest BCUT2D eigenvalue weighted by molar-refractivity contribution is -0.163. The van der Waals surface area contributed by atoms with Crippen molar-refractivity contribution in [1.82, 2.24) is 9.80 Å². The van der Waals surface area contributed by atoms with Gasteiger partial charge in [-0.2, -0.15) is 0 Å². The van der Waals surface area contributed by atoms with Crippen molar-refractivity contribution in [2.24, 2.45) is 11.8 Å². The number of aliphatic hydroxyl groups excluding tert-OH is 1. The number of β-lactam (4-membered cyclic amide) rings is 1. The first-order valence-corrected chi connectivity index (χ1v) is 13.3. The molecule has 3 amide bonds. The minimum absolute atomic E-state index is 0.138. The normalized spacial score (nSPS) is 26.5. The van der Waals surface area contributed by atoms with Gasteiger partial charge >= 0.3 is 18.0 Å². The van der Waals surface area contributed by atoms with Gasteiger partial charge in [0.15, 0.2) is 0 Å². The van der Waals surface area contributed by atoms with Crippen molar-refractivity contribution in [3.8, 4) is 0 Å². The quantitative estimate of drug-likeness (QED) is 0.285. The van der Waals surface area contributed by atoms with E-state index in [0.717, 1.165) is 0 Å². The third kappa shape index (κ3) is 5.08. The van der Waals surface area contributed by atoms with Crippen LogP contribution in [0.1, 0.15) is 30.6 Å². The topological polar surface area (TPSA) is 152 Å². The zero-order valence-corrected chi connectivity index (χ0v) is 23.0. The molecule has 1 aromatic rings. The summed E-state index contributed by atoms with van der Waals surface area (Å²) in [4.78, 5) is 66.6. The Morgan fingerprint density at radius 1 is 1.10 bits per heavy atom. The van der Waals surface area contributed by atoms with E-state index in [4.69, 9.17) is 14.2 Å². The first-order valence-electron chi connectivity index (χ1n) is 12.4. The Labute approximate surface area is 229 Å². The van der Waals surface area contributed by atoms with Crippen LogP contribution in [0.2, 0.25) is 0 Å². The van der Waals surface area contributed by atoms with Crippen LogP contribution < -0.4 is 5.32 Å². The molecule has 210 valence electrons. The van der Waals surface area contributed by atoms with E-state index in [1.165, 1.54) is 49.0 Å². The van der Waals surface area contributed by atoms with E-state index < -0.39 is 42.0 Å². The molecule has 0 aromatic heterocycles. The molecule has 4 rings (SSSR count). The fourth-order valence-corrected chi connectivity index (χ4v) is 6.98. The van der Waals surface area contributed by atoms with Crippen molar-refractivity contribution in [2.75, 3.05) is 33.2 Å². The van der Waals surface area contributed by atoms with E-state index in [9.17, 15) is 29.1 Å². The largest absolute Gasteiger partial charge is 0.465 e. The van der Waals surface area contributed by atoms with Crippen molar-refractivity contribution in [2.45, 2.75) is 43.7 Å². The van der Waals surface area contributed by atoms with Gasteiger partial charge in [0.1, 0.15) is 11.7 Å². The van der Waals surface area contributed by atoms with Crippen molar-refractivity contribution < 1.29 is 43.3 Å². The number of aliphatic hydroxyl groups is 1. The predicted octanol–water partition coefficient (Wildman–Crippen LogP) is 1.60. The Morgan fingerprint density at radius 2 is 1.79 bits per heavy atom. The van der Waals surface area contributed by atoms with Gasteiger partial charge in [-0.05, 0) is 31.5 Å². The van der Waals surface area contributed by atoms with Gasteiger partial charge in [-0.25, -0.2) is 14.4 Å². The van der Waals surface area contributed by atoms with Gasteiger partial charge in [0.2, 0.25) is 11.8 Å². The maximum Gasteiger partial charge on any atom is 0.410 e. The molecule has 3 aliphatic rings. The van der Waals surface area contributed by atoms with Crippen molar-refractivity contribution in [3.05, 3.63) is 40.4 Å². The average molecular weight is 562 g/mol. The first-order chi connectivity index (χ1) is 18.5. The van der Waals surface area contributed by atoms with Crippen LogP contribution in [0.4, 0.5) is 10.5 Å². The third-order valence-electron chi connectivity index (χ3n) is 7.31. The molecule has 0 saturated carbocycles. The Kier molecular flexibility index (Phi) is 8.21. The predicted molar refractivity (Wildman–Crippen MR) is 139 cm³/mol. The van der Waals surface area contributed by atoms with Gasteiger partial charge in [-0.3, -0.25) is 14.5 Å². The van der Waals surface area contributed by atoms with Crippen LogP contribution in [-0.2, 0) is 28.6 Å². The van der Waals surface area contributed by atoms with E-state index >= 15 is 0 Å². The van der Waals surface area contributed by atoms with E-state index in [1.807, 2.05) is 6.92 Å². The Hall–Kier alpha value is -3.58. The zero-order chi connectivity index (χ0) is 28.6. The number of fused-ring (bicyclic) bond motifs is 1.